The first kappa shape index (κ1) is 26.4. The Morgan fingerprint density at radius 3 is 1.55 bits per heavy atom. The van der Waals surface area contributed by atoms with Gasteiger partial charge in [-0.1, -0.05) is 0 Å². The average molecular weight is 570 g/mol. The molecular formula is C29H31Cl2SiZr. The summed E-state index contributed by atoms with van der Waals surface area (Å²) in [4.78, 5) is 0. The van der Waals surface area contributed by atoms with Crippen molar-refractivity contribution in [2.24, 2.45) is 0 Å². The quantitative estimate of drug-likeness (QED) is 0.409. The molecular weight excluding hydrogens is 539 g/mol. The number of allylic oxidation sites excluding steroid dienone is 2. The Kier molecular flexibility index (Phi) is 8.17. The van der Waals surface area contributed by atoms with Gasteiger partial charge in [0.2, 0.25) is 0 Å². The van der Waals surface area contributed by atoms with Crippen LogP contribution in [0.15, 0.2) is 77.9 Å². The minimum absolute atomic E-state index is 0. The monoisotopic (exact) mass is 567 g/mol. The van der Waals surface area contributed by atoms with Crippen LogP contribution in [0.4, 0.5) is 0 Å². The van der Waals surface area contributed by atoms with Gasteiger partial charge in [-0.25, -0.2) is 0 Å². The smallest absolute Gasteiger partial charge is 1.00 e. The van der Waals surface area contributed by atoms with Crippen molar-refractivity contribution < 1.29 is 43.7 Å². The molecule has 0 N–H and O–H groups in total. The molecule has 0 amide bonds. The zero-order valence-electron chi connectivity index (χ0n) is 19.8. The summed E-state index contributed by atoms with van der Waals surface area (Å²) in [6, 6.07) is 25.3. The number of hydrogen-bond acceptors (Lipinski definition) is 0. The number of rotatable bonds is 4. The molecule has 0 saturated heterocycles. The Labute approximate surface area is 217 Å². The van der Waals surface area contributed by atoms with Gasteiger partial charge in [0.25, 0.3) is 0 Å². The van der Waals surface area contributed by atoms with Crippen molar-refractivity contribution >= 4 is 19.0 Å². The first-order chi connectivity index (χ1) is 14.9. The molecule has 0 saturated carbocycles. The van der Waals surface area contributed by atoms with Gasteiger partial charge in [-0.3, -0.25) is 0 Å². The third kappa shape index (κ3) is 4.45. The zero-order chi connectivity index (χ0) is 21.8. The van der Waals surface area contributed by atoms with Crippen LogP contribution >= 0.6 is 0 Å². The van der Waals surface area contributed by atoms with E-state index in [-0.39, 0.29) is 24.8 Å². The van der Waals surface area contributed by atoms with Gasteiger partial charge < -0.3 is 24.8 Å². The van der Waals surface area contributed by atoms with Gasteiger partial charge in [0.15, 0.2) is 0 Å². The fourth-order valence-corrected chi connectivity index (χ4v) is 27.8. The molecule has 3 aromatic carbocycles. The van der Waals surface area contributed by atoms with Gasteiger partial charge in [0.05, 0.1) is 0 Å². The van der Waals surface area contributed by atoms with E-state index in [2.05, 4.69) is 113 Å². The average Bonchev–Trinajstić information content (AvgIpc) is 3.27. The normalized spacial score (nSPS) is 18.9. The summed E-state index contributed by atoms with van der Waals surface area (Å²) in [5.41, 5.74) is 13.8. The van der Waals surface area contributed by atoms with Crippen molar-refractivity contribution in [1.82, 2.24) is 0 Å². The standard InChI is InChI=1S/2C11H11.C7H7.2ClH.H2Si.Zr/c2*1-8-6-10-5-3-4-9(2)11(10)7-8;1-7-5-3-2-4-6-7;;;;/h2*3-7H,1-2H3;2-6H,1H2;2*1H;1H2;/q;;;;;;+2/p-2. The Morgan fingerprint density at radius 1 is 0.636 bits per heavy atom. The third-order valence-corrected chi connectivity index (χ3v) is 25.9. The van der Waals surface area contributed by atoms with Crippen LogP contribution in [0.1, 0.15) is 60.0 Å². The van der Waals surface area contributed by atoms with E-state index in [1.54, 1.807) is 22.3 Å². The summed E-state index contributed by atoms with van der Waals surface area (Å²) >= 11 is -2.92. The van der Waals surface area contributed by atoms with E-state index >= 15 is 0 Å². The topological polar surface area (TPSA) is 0 Å². The van der Waals surface area contributed by atoms with Gasteiger partial charge in [0.1, 0.15) is 0 Å². The summed E-state index contributed by atoms with van der Waals surface area (Å²) in [6.07, 6.45) is 5.01. The summed E-state index contributed by atoms with van der Waals surface area (Å²) in [5, 5.41) is 0. The Morgan fingerprint density at radius 2 is 1.09 bits per heavy atom. The molecule has 0 spiro atoms. The van der Waals surface area contributed by atoms with E-state index in [1.165, 1.54) is 31.9 Å². The van der Waals surface area contributed by atoms with E-state index in [9.17, 15) is 0 Å². The number of benzene rings is 3. The van der Waals surface area contributed by atoms with Crippen LogP contribution in [-0.4, -0.2) is 6.88 Å². The molecule has 0 fully saturated rings. The molecule has 2 unspecified atom stereocenters. The molecule has 0 radical (unpaired) electrons. The van der Waals surface area contributed by atoms with Gasteiger partial charge in [-0.15, -0.1) is 0 Å². The summed E-state index contributed by atoms with van der Waals surface area (Å²) < 4.78 is 2.53. The van der Waals surface area contributed by atoms with Crippen molar-refractivity contribution in [3.8, 4) is 0 Å². The summed E-state index contributed by atoms with van der Waals surface area (Å²) in [6.45, 7) is 11.8. The zero-order valence-corrected chi connectivity index (χ0v) is 25.2. The van der Waals surface area contributed by atoms with E-state index in [0.717, 1.165) is 0 Å². The van der Waals surface area contributed by atoms with Crippen LogP contribution in [0.25, 0.3) is 12.2 Å². The first-order valence-corrected chi connectivity index (χ1v) is 21.8. The van der Waals surface area contributed by atoms with Crippen LogP contribution in [-0.2, 0) is 23.0 Å². The Hall–Kier alpha value is -1.18. The molecule has 0 aromatic heterocycles. The predicted molar refractivity (Wildman–Crippen MR) is 134 cm³/mol. The van der Waals surface area contributed by atoms with Crippen LogP contribution in [0.2, 0.25) is 0 Å². The molecule has 0 aliphatic heterocycles. The molecule has 0 bridgehead atoms. The molecule has 4 heteroatoms. The van der Waals surface area contributed by atoms with Crippen molar-refractivity contribution in [2.75, 3.05) is 0 Å². The molecule has 2 atom stereocenters. The van der Waals surface area contributed by atoms with E-state index in [0.29, 0.717) is 7.25 Å². The molecule has 169 valence electrons. The van der Waals surface area contributed by atoms with Gasteiger partial charge >= 0.3 is 194 Å². The van der Waals surface area contributed by atoms with Crippen LogP contribution in [0.3, 0.4) is 0 Å². The molecule has 5 rings (SSSR count). The number of aryl methyl sites for hydroxylation is 2. The molecule has 0 heterocycles. The molecule has 2 aliphatic carbocycles. The van der Waals surface area contributed by atoms with E-state index < -0.39 is 18.9 Å². The van der Waals surface area contributed by atoms with Crippen molar-refractivity contribution in [1.29, 1.82) is 0 Å². The fourth-order valence-electron chi connectivity index (χ4n) is 6.29. The van der Waals surface area contributed by atoms with Crippen LogP contribution in [0, 0.1) is 13.8 Å². The maximum atomic E-state index is 2.51. The molecule has 2 aliphatic rings. The minimum atomic E-state index is -2.92. The van der Waals surface area contributed by atoms with Gasteiger partial charge in [-0.2, -0.15) is 0 Å². The SMILES string of the molecule is CC1=Cc2c(C)cccc2[CH]1[Zr+2](=[SiH2])([CH2]c1ccccc1)[CH]1C(C)=Cc2c(C)cccc21.[Cl-].[Cl-]. The second-order valence-electron chi connectivity index (χ2n) is 9.69. The van der Waals surface area contributed by atoms with Crippen LogP contribution in [0.5, 0.6) is 0 Å². The number of hydrogen-bond donors (Lipinski definition) is 0. The second kappa shape index (κ2) is 10.2. The largest absolute Gasteiger partial charge is 1.00 e. The van der Waals surface area contributed by atoms with Gasteiger partial charge in [-0.05, 0) is 0 Å². The summed E-state index contributed by atoms with van der Waals surface area (Å²) in [5.74, 6) is 0. The van der Waals surface area contributed by atoms with E-state index in [4.69, 9.17) is 0 Å². The van der Waals surface area contributed by atoms with Crippen molar-refractivity contribution in [2.45, 2.75) is 39.1 Å². The number of fused-ring (bicyclic) bond motifs is 2. The first-order valence-electron chi connectivity index (χ1n) is 11.3. The van der Waals surface area contributed by atoms with Crippen molar-refractivity contribution in [3.05, 3.63) is 117 Å². The maximum Gasteiger partial charge on any atom is -1.00 e. The molecule has 33 heavy (non-hydrogen) atoms. The van der Waals surface area contributed by atoms with Gasteiger partial charge in [0, 0.05) is 0 Å². The Balaban J connectivity index is 0.00000153. The van der Waals surface area contributed by atoms with Crippen LogP contribution < -0.4 is 24.8 Å². The maximum absolute atomic E-state index is 2.92. The second-order valence-corrected chi connectivity index (χ2v) is 27.3. The molecule has 3 aromatic rings. The number of halogens is 2. The summed E-state index contributed by atoms with van der Waals surface area (Å²) in [7, 11) is 0. The Bertz CT molecular complexity index is 1210. The van der Waals surface area contributed by atoms with E-state index in [1.807, 2.05) is 0 Å². The van der Waals surface area contributed by atoms with Crippen molar-refractivity contribution in [3.63, 3.8) is 0 Å². The minimum Gasteiger partial charge on any atom is -1.00 e. The molecule has 0 nitrogen and oxygen atoms in total. The third-order valence-electron chi connectivity index (χ3n) is 7.52. The fraction of sp³-hybridized carbons (Fsp3) is 0.241. The predicted octanol–water partition coefficient (Wildman–Crippen LogP) is 0.830.